The van der Waals surface area contributed by atoms with Gasteiger partial charge in [0.05, 0.1) is 34.9 Å². The second kappa shape index (κ2) is 10.4. The summed E-state index contributed by atoms with van der Waals surface area (Å²) >= 11 is 11.8. The highest BCUT2D eigenvalue weighted by molar-refractivity contribution is 6.33. The van der Waals surface area contributed by atoms with E-state index in [9.17, 15) is 35.9 Å². The number of carboxylic acids is 1. The number of carboxylic acid groups (broad SMARTS) is 1. The van der Waals surface area contributed by atoms with Gasteiger partial charge in [-0.1, -0.05) is 48.3 Å². The first kappa shape index (κ1) is 27.0. The number of halogens is 8. The van der Waals surface area contributed by atoms with Gasteiger partial charge in [-0.05, 0) is 36.1 Å². The lowest BCUT2D eigenvalue weighted by molar-refractivity contribution is -0.188. The molecule has 0 saturated heterocycles. The van der Waals surface area contributed by atoms with Gasteiger partial charge in [0.2, 0.25) is 5.91 Å². The molecule has 0 fully saturated rings. The van der Waals surface area contributed by atoms with E-state index in [-0.39, 0.29) is 17.1 Å². The average molecular weight is 518 g/mol. The molecule has 12 heteroatoms. The average Bonchev–Trinajstić information content (AvgIpc) is 2.68. The quantitative estimate of drug-likeness (QED) is 0.386. The molecule has 1 aliphatic rings. The second-order valence-corrected chi connectivity index (χ2v) is 8.47. The van der Waals surface area contributed by atoms with Crippen LogP contribution in [0.15, 0.2) is 41.5 Å². The van der Waals surface area contributed by atoms with Gasteiger partial charge in [-0.2, -0.15) is 26.3 Å². The highest BCUT2D eigenvalue weighted by atomic mass is 35.5. The van der Waals surface area contributed by atoms with Gasteiger partial charge in [-0.25, -0.2) is 0 Å². The Hall–Kier alpha value is -2.20. The molecule has 0 radical (unpaired) electrons. The Bertz CT molecular complexity index is 958. The van der Waals surface area contributed by atoms with Crippen LogP contribution < -0.4 is 5.32 Å². The van der Waals surface area contributed by atoms with Crippen LogP contribution in [0.1, 0.15) is 31.2 Å². The second-order valence-electron chi connectivity index (χ2n) is 7.62. The van der Waals surface area contributed by atoms with Crippen molar-refractivity contribution in [3.8, 4) is 0 Å². The number of benzene rings is 1. The van der Waals surface area contributed by atoms with Crippen molar-refractivity contribution < 1.29 is 41.0 Å². The molecule has 0 aliphatic heterocycles. The van der Waals surface area contributed by atoms with Crippen LogP contribution in [-0.2, 0) is 9.59 Å². The Morgan fingerprint density at radius 3 is 2.27 bits per heavy atom. The fraction of sp³-hybridized carbons (Fsp3) is 0.429. The third-order valence-corrected chi connectivity index (χ3v) is 5.94. The van der Waals surface area contributed by atoms with Crippen molar-refractivity contribution in [3.05, 3.63) is 52.0 Å². The maximum atomic E-state index is 13.5. The van der Waals surface area contributed by atoms with Gasteiger partial charge in [0.25, 0.3) is 0 Å². The van der Waals surface area contributed by atoms with Crippen LogP contribution >= 0.6 is 23.2 Å². The molecule has 1 aromatic carbocycles. The summed E-state index contributed by atoms with van der Waals surface area (Å²) in [5.74, 6) is -9.79. The Kier molecular flexibility index (Phi) is 8.51. The number of nitrogens with one attached hydrogen (secondary N) is 1. The van der Waals surface area contributed by atoms with E-state index in [2.05, 4.69) is 5.32 Å². The maximum absolute atomic E-state index is 13.5. The normalized spacial score (nSPS) is 19.4. The summed E-state index contributed by atoms with van der Waals surface area (Å²) in [5.41, 5.74) is -0.858. The molecule has 2 rings (SSSR count). The van der Waals surface area contributed by atoms with E-state index in [0.717, 1.165) is 25.1 Å². The van der Waals surface area contributed by atoms with E-state index in [0.29, 0.717) is 5.03 Å². The van der Waals surface area contributed by atoms with Gasteiger partial charge < -0.3 is 10.4 Å². The lowest BCUT2D eigenvalue weighted by Gasteiger charge is -2.31. The molecule has 0 heterocycles. The first-order valence-electron chi connectivity index (χ1n) is 9.60. The van der Waals surface area contributed by atoms with E-state index in [1.54, 1.807) is 0 Å². The van der Waals surface area contributed by atoms with E-state index in [1.807, 2.05) is 0 Å². The molecule has 1 amide bonds. The van der Waals surface area contributed by atoms with Crippen molar-refractivity contribution in [2.45, 2.75) is 38.0 Å². The summed E-state index contributed by atoms with van der Waals surface area (Å²) in [5, 5.41) is 11.1. The number of anilines is 1. The van der Waals surface area contributed by atoms with Crippen molar-refractivity contribution in [1.82, 2.24) is 0 Å². The fourth-order valence-electron chi connectivity index (χ4n) is 3.54. The van der Waals surface area contributed by atoms with Crippen molar-refractivity contribution in [2.24, 2.45) is 17.8 Å². The molecule has 4 atom stereocenters. The molecule has 1 aromatic rings. The van der Waals surface area contributed by atoms with Crippen molar-refractivity contribution in [1.29, 1.82) is 0 Å². The largest absolute Gasteiger partial charge is 0.481 e. The molecule has 33 heavy (non-hydrogen) atoms. The predicted octanol–water partition coefficient (Wildman–Crippen LogP) is 6.91. The van der Waals surface area contributed by atoms with E-state index >= 15 is 0 Å². The topological polar surface area (TPSA) is 66.4 Å². The van der Waals surface area contributed by atoms with Crippen LogP contribution in [0.2, 0.25) is 5.02 Å². The molecule has 1 aliphatic carbocycles. The molecule has 0 spiro atoms. The minimum atomic E-state index is -4.92. The maximum Gasteiger partial charge on any atom is 0.396 e. The minimum absolute atomic E-state index is 0.0520. The van der Waals surface area contributed by atoms with Crippen LogP contribution in [-0.4, -0.2) is 29.3 Å². The number of allylic oxidation sites excluding steroid dienone is 4. The molecular formula is C21H19Cl2F6NO3. The molecule has 0 saturated carbocycles. The number of hydrogen-bond donors (Lipinski definition) is 2. The van der Waals surface area contributed by atoms with Crippen LogP contribution in [0.5, 0.6) is 0 Å². The minimum Gasteiger partial charge on any atom is -0.481 e. The van der Waals surface area contributed by atoms with Gasteiger partial charge >= 0.3 is 18.3 Å². The fourth-order valence-corrected chi connectivity index (χ4v) is 3.87. The highest BCUT2D eigenvalue weighted by Crippen LogP contribution is 2.42. The molecule has 4 nitrogen and oxygen atoms in total. The predicted molar refractivity (Wildman–Crippen MR) is 111 cm³/mol. The third kappa shape index (κ3) is 7.14. The number of aliphatic carboxylic acids is 1. The standard InChI is InChI=1S/C21H19Cl2F6NO3/c1-10(20(24,25)26)18(11-2-5-13(22)6-3-11)19(33)30-16-8-12(4-7-15(16)23)14(9-17(31)32)21(27,28)29/h2,4-8,10-11,14,18H,3,9H2,1H3,(H,30,33)(H,31,32)/t10-,11?,14+,18+/m1/s1. The Balaban J connectivity index is 2.40. The molecular weight excluding hydrogens is 499 g/mol. The van der Waals surface area contributed by atoms with Gasteiger partial charge in [0.15, 0.2) is 0 Å². The van der Waals surface area contributed by atoms with E-state index in [1.165, 1.54) is 18.2 Å². The number of amides is 1. The lowest BCUT2D eigenvalue weighted by Crippen LogP contribution is -2.40. The smallest absolute Gasteiger partial charge is 0.396 e. The molecule has 0 bridgehead atoms. The first-order chi connectivity index (χ1) is 15.1. The number of hydrogen-bond acceptors (Lipinski definition) is 2. The monoisotopic (exact) mass is 517 g/mol. The Morgan fingerprint density at radius 2 is 1.79 bits per heavy atom. The molecule has 0 aromatic heterocycles. The Labute approximate surface area is 195 Å². The van der Waals surface area contributed by atoms with Crippen molar-refractivity contribution in [3.63, 3.8) is 0 Å². The number of carbonyl (C=O) groups is 2. The zero-order valence-electron chi connectivity index (χ0n) is 17.0. The van der Waals surface area contributed by atoms with Gasteiger partial charge in [-0.3, -0.25) is 9.59 Å². The van der Waals surface area contributed by atoms with Crippen molar-refractivity contribution in [2.75, 3.05) is 5.32 Å². The van der Waals surface area contributed by atoms with Crippen LogP contribution in [0.4, 0.5) is 32.0 Å². The molecule has 182 valence electrons. The van der Waals surface area contributed by atoms with Gasteiger partial charge in [0.1, 0.15) is 0 Å². The highest BCUT2D eigenvalue weighted by Gasteiger charge is 2.47. The zero-order chi connectivity index (χ0) is 25.1. The van der Waals surface area contributed by atoms with E-state index < -0.39 is 59.9 Å². The Morgan fingerprint density at radius 1 is 1.15 bits per heavy atom. The van der Waals surface area contributed by atoms with Crippen LogP contribution in [0, 0.1) is 17.8 Å². The summed E-state index contributed by atoms with van der Waals surface area (Å²) in [6, 6.07) is 2.79. The lowest BCUT2D eigenvalue weighted by atomic mass is 9.78. The van der Waals surface area contributed by atoms with Gasteiger partial charge in [-0.15, -0.1) is 0 Å². The SMILES string of the molecule is C[C@H]([C@H](C(=O)Nc1cc([C@H](CC(=O)O)C(F)(F)F)ccc1Cl)C1C=CC(Cl)=CC1)C(F)(F)F. The van der Waals surface area contributed by atoms with E-state index in [4.69, 9.17) is 28.3 Å². The van der Waals surface area contributed by atoms with Crippen LogP contribution in [0.3, 0.4) is 0 Å². The zero-order valence-corrected chi connectivity index (χ0v) is 18.5. The first-order valence-corrected chi connectivity index (χ1v) is 10.4. The summed E-state index contributed by atoms with van der Waals surface area (Å²) < 4.78 is 80.5. The molecule has 1 unspecified atom stereocenters. The number of alkyl halides is 6. The third-order valence-electron chi connectivity index (χ3n) is 5.33. The van der Waals surface area contributed by atoms with Crippen LogP contribution in [0.25, 0.3) is 0 Å². The van der Waals surface area contributed by atoms with Crippen molar-refractivity contribution >= 4 is 40.8 Å². The summed E-state index contributed by atoms with van der Waals surface area (Å²) in [7, 11) is 0. The summed E-state index contributed by atoms with van der Waals surface area (Å²) in [6.07, 6.45) is -6.66. The van der Waals surface area contributed by atoms with Gasteiger partial charge in [0, 0.05) is 5.03 Å². The summed E-state index contributed by atoms with van der Waals surface area (Å²) in [4.78, 5) is 23.8. The summed E-state index contributed by atoms with van der Waals surface area (Å²) in [6.45, 7) is 0.836. The number of rotatable bonds is 7. The number of carbonyl (C=O) groups excluding carboxylic acids is 1. The molecule has 2 N–H and O–H groups in total.